The number of ketones is 1. The molecule has 8 nitrogen and oxygen atoms in total. The van der Waals surface area contributed by atoms with E-state index < -0.39 is 23.8 Å². The van der Waals surface area contributed by atoms with Crippen molar-refractivity contribution < 1.29 is 29.1 Å². The molecule has 1 aromatic carbocycles. The number of nitrogens with zero attached hydrogens (tertiary/aromatic N) is 1. The number of aliphatic carboxylic acids is 1. The van der Waals surface area contributed by atoms with E-state index in [0.29, 0.717) is 16.9 Å². The quantitative estimate of drug-likeness (QED) is 0.226. The second kappa shape index (κ2) is 10.2. The maximum absolute atomic E-state index is 11.6. The van der Waals surface area contributed by atoms with Crippen LogP contribution in [-0.4, -0.2) is 41.5 Å². The largest absolute Gasteiger partial charge is 0.481 e. The molecule has 25 heavy (non-hydrogen) atoms. The van der Waals surface area contributed by atoms with Gasteiger partial charge in [-0.15, -0.1) is 0 Å². The highest BCUT2D eigenvalue weighted by molar-refractivity contribution is 6.40. The van der Waals surface area contributed by atoms with Crippen LogP contribution < -0.4 is 5.32 Å². The van der Waals surface area contributed by atoms with Crippen LogP contribution in [-0.2, 0) is 19.2 Å². The molecule has 0 spiro atoms. The summed E-state index contributed by atoms with van der Waals surface area (Å²) in [5.74, 6) is -2.08. The van der Waals surface area contributed by atoms with Gasteiger partial charge in [-0.05, 0) is 24.6 Å². The molecule has 0 aliphatic rings. The van der Waals surface area contributed by atoms with Crippen LogP contribution in [0.25, 0.3) is 0 Å². The Bertz CT molecular complexity index is 672. The van der Waals surface area contributed by atoms with Crippen molar-refractivity contribution in [3.63, 3.8) is 0 Å². The molecule has 0 aliphatic heterocycles. The molecule has 2 N–H and O–H groups in total. The van der Waals surface area contributed by atoms with Crippen LogP contribution >= 0.6 is 11.6 Å². The van der Waals surface area contributed by atoms with Crippen LogP contribution in [0.15, 0.2) is 29.4 Å². The molecule has 1 atom stereocenters. The van der Waals surface area contributed by atoms with Gasteiger partial charge in [0, 0.05) is 17.5 Å². The van der Waals surface area contributed by atoms with Crippen LogP contribution in [0.4, 0.5) is 4.79 Å². The standard InChI is InChI=1S/C16H17ClN2O6/c1-10(14(21)6-7-20)19-25-16(24)18-9-12(8-15(22)23)11-2-4-13(17)5-3-11/h2-5,7,12H,6,8-9H2,1H3,(H,18,24)(H,22,23). The highest BCUT2D eigenvalue weighted by Gasteiger charge is 2.17. The summed E-state index contributed by atoms with van der Waals surface area (Å²) in [6.07, 6.45) is -1.08. The first-order chi connectivity index (χ1) is 11.8. The Morgan fingerprint density at radius 3 is 2.52 bits per heavy atom. The van der Waals surface area contributed by atoms with Gasteiger partial charge in [0.05, 0.1) is 12.8 Å². The van der Waals surface area contributed by atoms with Crippen molar-refractivity contribution in [2.45, 2.75) is 25.7 Å². The summed E-state index contributed by atoms with van der Waals surface area (Å²) in [5, 5.41) is 15.2. The number of rotatable bonds is 9. The highest BCUT2D eigenvalue weighted by atomic mass is 35.5. The predicted octanol–water partition coefficient (Wildman–Crippen LogP) is 2.16. The third-order valence-corrected chi connectivity index (χ3v) is 3.44. The first-order valence-electron chi connectivity index (χ1n) is 7.27. The van der Waals surface area contributed by atoms with Crippen molar-refractivity contribution in [3.8, 4) is 0 Å². The summed E-state index contributed by atoms with van der Waals surface area (Å²) in [5.41, 5.74) is 0.565. The van der Waals surface area contributed by atoms with E-state index in [9.17, 15) is 19.2 Å². The molecule has 1 aromatic rings. The fraction of sp³-hybridized carbons (Fsp3) is 0.312. The zero-order chi connectivity index (χ0) is 18.8. The molecule has 1 rings (SSSR count). The van der Waals surface area contributed by atoms with E-state index >= 15 is 0 Å². The SMILES string of the molecule is CC(=NOC(=O)NCC(CC(=O)O)c1ccc(Cl)cc1)C(=O)CC=O. The Morgan fingerprint density at radius 1 is 1.32 bits per heavy atom. The van der Waals surface area contributed by atoms with Gasteiger partial charge in [-0.2, -0.15) is 0 Å². The lowest BCUT2D eigenvalue weighted by Crippen LogP contribution is -2.29. The lowest BCUT2D eigenvalue weighted by Gasteiger charge is -2.15. The number of hydrogen-bond donors (Lipinski definition) is 2. The average molecular weight is 369 g/mol. The second-order valence-electron chi connectivity index (χ2n) is 5.08. The Labute approximate surface area is 148 Å². The zero-order valence-electron chi connectivity index (χ0n) is 13.4. The monoisotopic (exact) mass is 368 g/mol. The van der Waals surface area contributed by atoms with Gasteiger partial charge in [0.25, 0.3) is 0 Å². The van der Waals surface area contributed by atoms with Crippen LogP contribution in [0.5, 0.6) is 0 Å². The smallest absolute Gasteiger partial charge is 0.433 e. The molecule has 9 heteroatoms. The van der Waals surface area contributed by atoms with Crippen LogP contribution in [0, 0.1) is 0 Å². The fourth-order valence-corrected chi connectivity index (χ4v) is 2.00. The average Bonchev–Trinajstić information content (AvgIpc) is 2.57. The number of halogens is 1. The van der Waals surface area contributed by atoms with E-state index in [1.807, 2.05) is 0 Å². The summed E-state index contributed by atoms with van der Waals surface area (Å²) >= 11 is 5.80. The van der Waals surface area contributed by atoms with Crippen molar-refractivity contribution in [2.75, 3.05) is 6.54 Å². The van der Waals surface area contributed by atoms with Crippen molar-refractivity contribution in [1.29, 1.82) is 0 Å². The topological polar surface area (TPSA) is 122 Å². The van der Waals surface area contributed by atoms with Crippen LogP contribution in [0.1, 0.15) is 31.2 Å². The van der Waals surface area contributed by atoms with E-state index in [2.05, 4.69) is 15.3 Å². The molecule has 0 heterocycles. The van der Waals surface area contributed by atoms with Gasteiger partial charge in [-0.1, -0.05) is 28.9 Å². The molecule has 134 valence electrons. The first kappa shape index (κ1) is 20.3. The molecule has 0 saturated carbocycles. The molecule has 0 radical (unpaired) electrons. The summed E-state index contributed by atoms with van der Waals surface area (Å²) in [7, 11) is 0. The van der Waals surface area contributed by atoms with Crippen molar-refractivity contribution in [2.24, 2.45) is 5.16 Å². The summed E-state index contributed by atoms with van der Waals surface area (Å²) in [6, 6.07) is 6.58. The zero-order valence-corrected chi connectivity index (χ0v) is 14.2. The molecule has 0 aliphatic carbocycles. The molecule has 1 unspecified atom stereocenters. The minimum absolute atomic E-state index is 0.0103. The van der Waals surface area contributed by atoms with Crippen molar-refractivity contribution in [1.82, 2.24) is 5.32 Å². The maximum atomic E-state index is 11.6. The molecular formula is C16H17ClN2O6. The lowest BCUT2D eigenvalue weighted by molar-refractivity contribution is -0.137. The van der Waals surface area contributed by atoms with Gasteiger partial charge in [0.2, 0.25) is 0 Å². The lowest BCUT2D eigenvalue weighted by atomic mass is 9.96. The normalized spacial score (nSPS) is 12.2. The Balaban J connectivity index is 2.63. The van der Waals surface area contributed by atoms with Crippen LogP contribution in [0.3, 0.4) is 0 Å². The number of carbonyl (C=O) groups excluding carboxylic acids is 3. The van der Waals surface area contributed by atoms with E-state index in [1.54, 1.807) is 24.3 Å². The number of carbonyl (C=O) groups is 4. The number of nitrogens with one attached hydrogen (secondary N) is 1. The van der Waals surface area contributed by atoms with E-state index in [0.717, 1.165) is 0 Å². The third-order valence-electron chi connectivity index (χ3n) is 3.19. The van der Waals surface area contributed by atoms with Gasteiger partial charge in [0.15, 0.2) is 5.78 Å². The minimum Gasteiger partial charge on any atom is -0.481 e. The first-order valence-corrected chi connectivity index (χ1v) is 7.64. The minimum atomic E-state index is -1.02. The molecule has 0 fully saturated rings. The van der Waals surface area contributed by atoms with E-state index in [-0.39, 0.29) is 25.1 Å². The molecule has 0 aromatic heterocycles. The number of Topliss-reactive ketones (excluding diaryl/α,β-unsaturated/α-hetero) is 1. The molecular weight excluding hydrogens is 352 g/mol. The molecule has 0 saturated heterocycles. The van der Waals surface area contributed by atoms with Gasteiger partial charge < -0.3 is 15.2 Å². The van der Waals surface area contributed by atoms with Crippen molar-refractivity contribution in [3.05, 3.63) is 34.9 Å². The van der Waals surface area contributed by atoms with Gasteiger partial charge in [0.1, 0.15) is 12.0 Å². The number of aldehydes is 1. The number of oxime groups is 1. The predicted molar refractivity (Wildman–Crippen MR) is 89.7 cm³/mol. The number of carboxylic acids is 1. The highest BCUT2D eigenvalue weighted by Crippen LogP contribution is 2.21. The third kappa shape index (κ3) is 7.58. The van der Waals surface area contributed by atoms with E-state index in [4.69, 9.17) is 16.7 Å². The summed E-state index contributed by atoms with van der Waals surface area (Å²) in [4.78, 5) is 48.6. The number of hydrogen-bond acceptors (Lipinski definition) is 6. The Hall–Kier alpha value is -2.74. The van der Waals surface area contributed by atoms with Crippen LogP contribution in [0.2, 0.25) is 5.02 Å². The summed E-state index contributed by atoms with van der Waals surface area (Å²) < 4.78 is 0. The van der Waals surface area contributed by atoms with Gasteiger partial charge >= 0.3 is 12.1 Å². The fourth-order valence-electron chi connectivity index (χ4n) is 1.88. The van der Waals surface area contributed by atoms with Crippen molar-refractivity contribution >= 4 is 41.4 Å². The Morgan fingerprint density at radius 2 is 1.96 bits per heavy atom. The maximum Gasteiger partial charge on any atom is 0.433 e. The molecule has 0 bridgehead atoms. The number of benzene rings is 1. The van der Waals surface area contributed by atoms with Gasteiger partial charge in [-0.25, -0.2) is 4.79 Å². The number of carboxylic acid groups (broad SMARTS) is 1. The van der Waals surface area contributed by atoms with E-state index in [1.165, 1.54) is 6.92 Å². The number of amides is 1. The summed E-state index contributed by atoms with van der Waals surface area (Å²) in [6.45, 7) is 1.30. The Kier molecular flexibility index (Phi) is 8.28. The molecule has 1 amide bonds. The van der Waals surface area contributed by atoms with Gasteiger partial charge in [-0.3, -0.25) is 14.4 Å². The second-order valence-corrected chi connectivity index (χ2v) is 5.51.